The number of halogens is 1. The number of benzene rings is 4. The second-order valence-electron chi connectivity index (χ2n) is 13.4. The molecule has 1 saturated heterocycles. The van der Waals surface area contributed by atoms with Crippen molar-refractivity contribution in [2.24, 2.45) is 0 Å². The van der Waals surface area contributed by atoms with Crippen LogP contribution in [-0.4, -0.2) is 55.0 Å². The van der Waals surface area contributed by atoms with Crippen LogP contribution in [0.15, 0.2) is 103 Å². The lowest BCUT2D eigenvalue weighted by Gasteiger charge is -2.25. The molecule has 0 radical (unpaired) electrons. The fourth-order valence-corrected chi connectivity index (χ4v) is 6.88. The van der Waals surface area contributed by atoms with Crippen LogP contribution in [0.3, 0.4) is 0 Å². The number of unbranched alkanes of at least 4 members (excludes halogenated alkanes) is 1. The summed E-state index contributed by atoms with van der Waals surface area (Å²) in [6.07, 6.45) is 8.81. The number of rotatable bonds is 13. The van der Waals surface area contributed by atoms with E-state index in [1.54, 1.807) is 0 Å². The van der Waals surface area contributed by atoms with Crippen molar-refractivity contribution in [2.75, 3.05) is 44.2 Å². The predicted octanol–water partition coefficient (Wildman–Crippen LogP) is 10.3. The van der Waals surface area contributed by atoms with Crippen molar-refractivity contribution in [3.8, 4) is 17.2 Å². The summed E-state index contributed by atoms with van der Waals surface area (Å²) in [6.45, 7) is 10.3. The number of aryl methyl sites for hydroxylation is 1. The Bertz CT molecular complexity index is 1810. The lowest BCUT2D eigenvalue weighted by molar-refractivity contribution is 0.0958. The third-order valence-corrected chi connectivity index (χ3v) is 9.72. The van der Waals surface area contributed by atoms with E-state index in [1.807, 2.05) is 60.7 Å². The van der Waals surface area contributed by atoms with Crippen LogP contribution in [0.5, 0.6) is 17.2 Å². The molecular weight excluding hydrogens is 654 g/mol. The number of ketones is 1. The number of piperidine rings is 1. The molecule has 2 aliphatic rings. The van der Waals surface area contributed by atoms with Gasteiger partial charge in [-0.05, 0) is 118 Å². The Morgan fingerprint density at radius 1 is 0.784 bits per heavy atom. The van der Waals surface area contributed by atoms with Gasteiger partial charge in [0.05, 0.1) is 17.8 Å². The van der Waals surface area contributed by atoms with Crippen molar-refractivity contribution in [3.63, 3.8) is 0 Å². The van der Waals surface area contributed by atoms with Gasteiger partial charge in [0.25, 0.3) is 0 Å². The van der Waals surface area contributed by atoms with E-state index >= 15 is 0 Å². The number of anilines is 1. The van der Waals surface area contributed by atoms with Gasteiger partial charge in [0.2, 0.25) is 0 Å². The van der Waals surface area contributed by atoms with E-state index in [4.69, 9.17) is 14.5 Å². The van der Waals surface area contributed by atoms with Gasteiger partial charge < -0.3 is 19.3 Å². The fraction of sp³-hybridized carbons (Fsp3) is 0.364. The highest BCUT2D eigenvalue weighted by Gasteiger charge is 2.24. The highest BCUT2D eigenvalue weighted by Crippen LogP contribution is 2.39. The molecule has 0 amide bonds. The maximum Gasteiger partial charge on any atom is 0.164 e. The van der Waals surface area contributed by atoms with Gasteiger partial charge in [0.1, 0.15) is 17.2 Å². The van der Waals surface area contributed by atoms with Gasteiger partial charge in [0.15, 0.2) is 5.78 Å². The van der Waals surface area contributed by atoms with Gasteiger partial charge >= 0.3 is 0 Å². The molecule has 0 spiro atoms. The monoisotopic (exact) mass is 705 g/mol. The van der Waals surface area contributed by atoms with Crippen LogP contribution in [0, 0.1) is 6.92 Å². The van der Waals surface area contributed by atoms with Crippen molar-refractivity contribution in [3.05, 3.63) is 126 Å². The van der Waals surface area contributed by atoms with E-state index in [0.29, 0.717) is 6.42 Å². The number of fused-ring (bicyclic) bond motifs is 3. The van der Waals surface area contributed by atoms with Gasteiger partial charge in [-0.15, -0.1) is 12.4 Å². The van der Waals surface area contributed by atoms with E-state index in [9.17, 15) is 4.79 Å². The second kappa shape index (κ2) is 19.3. The zero-order valence-electron chi connectivity index (χ0n) is 30.2. The average Bonchev–Trinajstić information content (AvgIpc) is 3.60. The Kier molecular flexibility index (Phi) is 14.3. The minimum absolute atomic E-state index is 0. The summed E-state index contributed by atoms with van der Waals surface area (Å²) in [6, 6.07) is 34.5. The van der Waals surface area contributed by atoms with Gasteiger partial charge in [-0.3, -0.25) is 9.78 Å². The Hall–Kier alpha value is -4.39. The molecular formula is C44H52ClN3O3. The molecule has 0 atom stereocenters. The van der Waals surface area contributed by atoms with Crippen LogP contribution in [0.1, 0.15) is 72.6 Å². The normalized spacial score (nSPS) is 13.9. The van der Waals surface area contributed by atoms with Crippen LogP contribution >= 0.6 is 12.4 Å². The third-order valence-electron chi connectivity index (χ3n) is 9.72. The van der Waals surface area contributed by atoms with Crippen molar-refractivity contribution in [1.29, 1.82) is 0 Å². The summed E-state index contributed by atoms with van der Waals surface area (Å²) in [7, 11) is 0. The van der Waals surface area contributed by atoms with Gasteiger partial charge in [-0.2, -0.15) is 0 Å². The minimum Gasteiger partial charge on any atom is -0.494 e. The van der Waals surface area contributed by atoms with Gasteiger partial charge in [-0.25, -0.2) is 0 Å². The van der Waals surface area contributed by atoms with Crippen LogP contribution in [-0.2, 0) is 12.8 Å². The van der Waals surface area contributed by atoms with E-state index < -0.39 is 0 Å². The Morgan fingerprint density at radius 3 is 2.22 bits per heavy atom. The summed E-state index contributed by atoms with van der Waals surface area (Å²) >= 11 is 0. The first-order valence-electron chi connectivity index (χ1n) is 18.5. The molecule has 0 aliphatic carbocycles. The molecule has 0 saturated carbocycles. The Morgan fingerprint density at radius 2 is 1.49 bits per heavy atom. The van der Waals surface area contributed by atoms with E-state index in [-0.39, 0.29) is 18.2 Å². The molecule has 51 heavy (non-hydrogen) atoms. The zero-order chi connectivity index (χ0) is 34.5. The standard InChI is InChI=1S/C26H24N2O.C18H27NO2.ClH/c1-19-23-15-17-28(16-14-20-8-4-2-5-9-20)26(23)24-18-22(12-13-25(24)27-19)29-21-10-6-3-7-11-21;1-2-3-15-21-17-9-7-16(8-10-17)18(20)11-14-19-12-5-4-6-13-19;/h2-13,18H,14-17H2,1H3;7-10H,2-6,11-15H2,1H3;1H. The summed E-state index contributed by atoms with van der Waals surface area (Å²) in [5, 5.41) is 1.18. The number of carbonyl (C=O) groups is 1. The predicted molar refractivity (Wildman–Crippen MR) is 212 cm³/mol. The summed E-state index contributed by atoms with van der Waals surface area (Å²) in [5.41, 5.74) is 7.07. The number of ether oxygens (including phenoxy) is 2. The largest absolute Gasteiger partial charge is 0.494 e. The number of nitrogens with zero attached hydrogens (tertiary/aromatic N) is 3. The number of carbonyl (C=O) groups excluding carboxylic acids is 1. The Balaban J connectivity index is 0.000000205. The molecule has 1 fully saturated rings. The van der Waals surface area contributed by atoms with Crippen molar-refractivity contribution >= 4 is 34.8 Å². The van der Waals surface area contributed by atoms with Gasteiger partial charge in [0, 0.05) is 42.7 Å². The second-order valence-corrected chi connectivity index (χ2v) is 13.4. The molecule has 268 valence electrons. The van der Waals surface area contributed by atoms with Crippen LogP contribution < -0.4 is 14.4 Å². The topological polar surface area (TPSA) is 54.9 Å². The van der Waals surface area contributed by atoms with E-state index in [2.05, 4.69) is 66.1 Å². The van der Waals surface area contributed by atoms with E-state index in [1.165, 1.54) is 41.5 Å². The molecule has 1 aromatic heterocycles. The zero-order valence-corrected chi connectivity index (χ0v) is 31.0. The number of pyridine rings is 1. The first-order valence-corrected chi connectivity index (χ1v) is 18.5. The van der Waals surface area contributed by atoms with Gasteiger partial charge in [-0.1, -0.05) is 68.3 Å². The fourth-order valence-electron chi connectivity index (χ4n) is 6.88. The molecule has 4 aromatic carbocycles. The smallest absolute Gasteiger partial charge is 0.164 e. The van der Waals surface area contributed by atoms with Crippen molar-refractivity contribution < 1.29 is 14.3 Å². The molecule has 0 bridgehead atoms. The maximum atomic E-state index is 12.2. The van der Waals surface area contributed by atoms with Crippen LogP contribution in [0.2, 0.25) is 0 Å². The quantitative estimate of drug-likeness (QED) is 0.0898. The number of likely N-dealkylation sites (tertiary alicyclic amines) is 1. The highest BCUT2D eigenvalue weighted by molar-refractivity contribution is 5.96. The molecule has 5 aromatic rings. The maximum absolute atomic E-state index is 12.2. The minimum atomic E-state index is 0. The van der Waals surface area contributed by atoms with Crippen molar-refractivity contribution in [2.45, 2.75) is 65.2 Å². The first kappa shape index (κ1) is 37.9. The first-order chi connectivity index (χ1) is 24.6. The number of aromatic nitrogens is 1. The molecule has 0 N–H and O–H groups in total. The number of para-hydroxylation sites is 1. The van der Waals surface area contributed by atoms with Crippen molar-refractivity contribution in [1.82, 2.24) is 9.88 Å². The molecule has 3 heterocycles. The molecule has 6 nitrogen and oxygen atoms in total. The van der Waals surface area contributed by atoms with Crippen LogP contribution in [0.25, 0.3) is 10.9 Å². The molecule has 7 rings (SSSR count). The lowest BCUT2D eigenvalue weighted by Crippen LogP contribution is -2.31. The summed E-state index contributed by atoms with van der Waals surface area (Å²) in [5.74, 6) is 2.80. The Labute approximate surface area is 310 Å². The number of hydrogen-bond acceptors (Lipinski definition) is 6. The SMILES string of the molecule is CCCCOc1ccc(C(=O)CCN2CCCCC2)cc1.Cc1nc2ccc(Oc3ccccc3)cc2c2c1CCN2CCc1ccccc1.Cl. The molecule has 0 unspecified atom stereocenters. The average molecular weight is 706 g/mol. The lowest BCUT2D eigenvalue weighted by atomic mass is 10.1. The van der Waals surface area contributed by atoms with Crippen LogP contribution in [0.4, 0.5) is 5.69 Å². The summed E-state index contributed by atoms with van der Waals surface area (Å²) in [4.78, 5) is 22.0. The molecule has 7 heteroatoms. The number of Topliss-reactive ketones (excluding diaryl/α,β-unsaturated/α-hetero) is 1. The number of hydrogen-bond donors (Lipinski definition) is 0. The highest BCUT2D eigenvalue weighted by atomic mass is 35.5. The summed E-state index contributed by atoms with van der Waals surface area (Å²) < 4.78 is 11.7. The molecule has 2 aliphatic heterocycles. The third kappa shape index (κ3) is 10.6. The van der Waals surface area contributed by atoms with E-state index in [0.717, 1.165) is 99.0 Å².